The van der Waals surface area contributed by atoms with Gasteiger partial charge in [-0.05, 0) is 45.1 Å². The minimum atomic E-state index is -1.47. The Kier molecular flexibility index (Phi) is 13.9. The van der Waals surface area contributed by atoms with Crippen LogP contribution >= 0.6 is 0 Å². The molecule has 3 amide bonds. The maximum Gasteiger partial charge on any atom is 0.326 e. The number of carbonyl (C=O) groups is 5. The highest BCUT2D eigenvalue weighted by Crippen LogP contribution is 2.06. The largest absolute Gasteiger partial charge is 0.481 e. The van der Waals surface area contributed by atoms with Gasteiger partial charge in [0.05, 0.1) is 12.1 Å². The van der Waals surface area contributed by atoms with Gasteiger partial charge >= 0.3 is 11.9 Å². The number of nitrogens with one attached hydrogen (secondary N) is 3. The second-order valence-corrected chi connectivity index (χ2v) is 8.17. The number of carboxylic acids is 2. The number of unbranched alkanes of at least 4 members (excludes halogenated alkanes) is 1. The Morgan fingerprint density at radius 1 is 0.818 bits per heavy atom. The molecule has 0 rings (SSSR count). The molecule has 5 unspecified atom stereocenters. The Morgan fingerprint density at radius 3 is 1.85 bits per heavy atom. The summed E-state index contributed by atoms with van der Waals surface area (Å²) in [5.41, 5.74) is 11.2. The number of nitrogens with two attached hydrogens (primary N) is 2. The van der Waals surface area contributed by atoms with Gasteiger partial charge in [-0.25, -0.2) is 4.79 Å². The topological polar surface area (TPSA) is 234 Å². The maximum atomic E-state index is 12.8. The number of aliphatic carboxylic acids is 2. The van der Waals surface area contributed by atoms with Crippen LogP contribution in [0.15, 0.2) is 0 Å². The molecule has 33 heavy (non-hydrogen) atoms. The number of amides is 3. The SMILES string of the molecule is CC(C)C(N)C(=O)NC(C(=O)NC(CCCCN)C(=O)NC(CCC(=O)O)C(=O)O)C(C)O. The van der Waals surface area contributed by atoms with Crippen molar-refractivity contribution in [2.75, 3.05) is 6.54 Å². The molecule has 190 valence electrons. The monoisotopic (exact) mass is 475 g/mol. The summed E-state index contributed by atoms with van der Waals surface area (Å²) in [5.74, 6) is -5.23. The number of hydrogen-bond acceptors (Lipinski definition) is 8. The molecular formula is C20H37N5O8. The summed E-state index contributed by atoms with van der Waals surface area (Å²) in [6.45, 7) is 5.03. The molecule has 0 saturated heterocycles. The van der Waals surface area contributed by atoms with Crippen molar-refractivity contribution in [2.45, 2.75) is 83.1 Å². The van der Waals surface area contributed by atoms with Crippen LogP contribution < -0.4 is 27.4 Å². The smallest absolute Gasteiger partial charge is 0.326 e. The van der Waals surface area contributed by atoms with E-state index in [0.717, 1.165) is 0 Å². The van der Waals surface area contributed by atoms with Crippen molar-refractivity contribution >= 4 is 29.7 Å². The highest BCUT2D eigenvalue weighted by atomic mass is 16.4. The number of rotatable bonds is 16. The molecule has 0 aliphatic carbocycles. The molecule has 0 radical (unpaired) electrons. The second kappa shape index (κ2) is 15.1. The van der Waals surface area contributed by atoms with Crippen LogP contribution in [0, 0.1) is 5.92 Å². The Bertz CT molecular complexity index is 685. The molecule has 0 aromatic rings. The van der Waals surface area contributed by atoms with Crippen molar-refractivity contribution in [1.82, 2.24) is 16.0 Å². The molecule has 0 heterocycles. The molecule has 0 aliphatic heterocycles. The van der Waals surface area contributed by atoms with Crippen molar-refractivity contribution < 1.29 is 39.3 Å². The molecule has 0 spiro atoms. The summed E-state index contributed by atoms with van der Waals surface area (Å²) in [6, 6.07) is -5.01. The Hall–Kier alpha value is -2.77. The van der Waals surface area contributed by atoms with E-state index >= 15 is 0 Å². The Morgan fingerprint density at radius 2 is 1.39 bits per heavy atom. The summed E-state index contributed by atoms with van der Waals surface area (Å²) >= 11 is 0. The Labute approximate surface area is 192 Å². The van der Waals surface area contributed by atoms with Crippen LogP contribution in [-0.4, -0.2) is 81.8 Å². The zero-order chi connectivity index (χ0) is 25.7. The van der Waals surface area contributed by atoms with Crippen LogP contribution in [0.1, 0.15) is 52.9 Å². The first-order valence-corrected chi connectivity index (χ1v) is 10.8. The highest BCUT2D eigenvalue weighted by Gasteiger charge is 2.32. The van der Waals surface area contributed by atoms with Gasteiger partial charge in [0.25, 0.3) is 0 Å². The molecule has 0 aromatic carbocycles. The fourth-order valence-electron chi connectivity index (χ4n) is 2.78. The quantitative estimate of drug-likeness (QED) is 0.113. The van der Waals surface area contributed by atoms with E-state index in [2.05, 4.69) is 16.0 Å². The van der Waals surface area contributed by atoms with Crippen LogP contribution in [0.4, 0.5) is 0 Å². The second-order valence-electron chi connectivity index (χ2n) is 8.17. The minimum Gasteiger partial charge on any atom is -0.481 e. The molecular weight excluding hydrogens is 438 g/mol. The van der Waals surface area contributed by atoms with Gasteiger partial charge in [-0.1, -0.05) is 13.8 Å². The lowest BCUT2D eigenvalue weighted by atomic mass is 10.0. The molecule has 5 atom stereocenters. The molecule has 0 fully saturated rings. The maximum absolute atomic E-state index is 12.8. The van der Waals surface area contributed by atoms with Crippen molar-refractivity contribution in [3.63, 3.8) is 0 Å². The van der Waals surface area contributed by atoms with Crippen molar-refractivity contribution in [2.24, 2.45) is 17.4 Å². The lowest BCUT2D eigenvalue weighted by molar-refractivity contribution is -0.143. The van der Waals surface area contributed by atoms with Crippen molar-refractivity contribution in [3.8, 4) is 0 Å². The number of carbonyl (C=O) groups excluding carboxylic acids is 3. The predicted octanol–water partition coefficient (Wildman–Crippen LogP) is -2.12. The van der Waals surface area contributed by atoms with E-state index in [1.54, 1.807) is 13.8 Å². The predicted molar refractivity (Wildman–Crippen MR) is 118 cm³/mol. The average molecular weight is 476 g/mol. The van der Waals surface area contributed by atoms with E-state index < -0.39 is 66.4 Å². The van der Waals surface area contributed by atoms with E-state index in [9.17, 15) is 34.2 Å². The number of aliphatic hydroxyl groups is 1. The highest BCUT2D eigenvalue weighted by molar-refractivity contribution is 5.94. The van der Waals surface area contributed by atoms with Gasteiger partial charge in [-0.2, -0.15) is 0 Å². The first-order chi connectivity index (χ1) is 15.3. The fourth-order valence-corrected chi connectivity index (χ4v) is 2.78. The van der Waals surface area contributed by atoms with Gasteiger partial charge in [0.2, 0.25) is 17.7 Å². The molecule has 10 N–H and O–H groups in total. The molecule has 0 saturated carbocycles. The van der Waals surface area contributed by atoms with Crippen LogP contribution in [0.3, 0.4) is 0 Å². The van der Waals surface area contributed by atoms with Gasteiger partial charge in [0, 0.05) is 6.42 Å². The first kappa shape index (κ1) is 30.2. The Balaban J connectivity index is 5.46. The third-order valence-electron chi connectivity index (χ3n) is 4.92. The molecule has 0 aliphatic rings. The van der Waals surface area contributed by atoms with E-state index in [0.29, 0.717) is 19.4 Å². The third kappa shape index (κ3) is 11.6. The van der Waals surface area contributed by atoms with Gasteiger partial charge in [-0.3, -0.25) is 19.2 Å². The third-order valence-corrected chi connectivity index (χ3v) is 4.92. The number of carboxylic acid groups (broad SMARTS) is 2. The molecule has 13 nitrogen and oxygen atoms in total. The molecule has 13 heteroatoms. The lowest BCUT2D eigenvalue weighted by Gasteiger charge is -2.27. The first-order valence-electron chi connectivity index (χ1n) is 10.8. The fraction of sp³-hybridized carbons (Fsp3) is 0.750. The minimum absolute atomic E-state index is 0.103. The summed E-state index contributed by atoms with van der Waals surface area (Å²) in [7, 11) is 0. The average Bonchev–Trinajstić information content (AvgIpc) is 2.72. The van der Waals surface area contributed by atoms with Crippen LogP contribution in [0.2, 0.25) is 0 Å². The van der Waals surface area contributed by atoms with Crippen LogP contribution in [0.25, 0.3) is 0 Å². The van der Waals surface area contributed by atoms with Gasteiger partial charge < -0.3 is 42.7 Å². The lowest BCUT2D eigenvalue weighted by Crippen LogP contribution is -2.60. The van der Waals surface area contributed by atoms with E-state index in [4.69, 9.17) is 16.6 Å². The van der Waals surface area contributed by atoms with Crippen LogP contribution in [-0.2, 0) is 24.0 Å². The summed E-state index contributed by atoms with van der Waals surface area (Å²) in [6.07, 6.45) is -1.09. The summed E-state index contributed by atoms with van der Waals surface area (Å²) < 4.78 is 0. The summed E-state index contributed by atoms with van der Waals surface area (Å²) in [5, 5.41) is 35.0. The molecule has 0 bridgehead atoms. The van der Waals surface area contributed by atoms with Gasteiger partial charge in [0.1, 0.15) is 18.1 Å². The number of aliphatic hydroxyl groups excluding tert-OH is 1. The molecule has 0 aromatic heterocycles. The van der Waals surface area contributed by atoms with Crippen molar-refractivity contribution in [3.05, 3.63) is 0 Å². The number of hydrogen-bond donors (Lipinski definition) is 8. The standard InChI is InChI=1S/C20H37N5O8/c1-10(2)15(22)18(30)25-16(11(3)26)19(31)23-12(6-4-5-9-21)17(29)24-13(20(32)33)7-8-14(27)28/h10-13,15-16,26H,4-9,21-22H2,1-3H3,(H,23,31)(H,24,29)(H,25,30)(H,27,28)(H,32,33). The zero-order valence-corrected chi connectivity index (χ0v) is 19.2. The van der Waals surface area contributed by atoms with Crippen LogP contribution in [0.5, 0.6) is 0 Å². The zero-order valence-electron chi connectivity index (χ0n) is 19.2. The van der Waals surface area contributed by atoms with E-state index in [-0.39, 0.29) is 18.8 Å². The van der Waals surface area contributed by atoms with Crippen molar-refractivity contribution in [1.29, 1.82) is 0 Å². The summed E-state index contributed by atoms with van der Waals surface area (Å²) in [4.78, 5) is 59.9. The van der Waals surface area contributed by atoms with Gasteiger partial charge in [-0.15, -0.1) is 0 Å². The van der Waals surface area contributed by atoms with E-state index in [1.807, 2.05) is 0 Å². The van der Waals surface area contributed by atoms with E-state index in [1.165, 1.54) is 6.92 Å². The van der Waals surface area contributed by atoms with Gasteiger partial charge in [0.15, 0.2) is 0 Å². The normalized spacial score (nSPS) is 15.6.